The standard InChI is InChI=1S/C60H38N2O/c1-2-16-41-37-59-55(35-40(41)15-1)53-27-14-26-52(60(53)63-59)51-25-9-10-28-56(51)61(44-18-13-19-45(38-44)62-57-29-11-7-23-49(57)50-24-8-12-30-58(50)62)43-33-31-39(32-34-43)54-36-42-17-3-4-20-46(42)47-21-5-6-22-48(47)54/h1-38H. The molecular formula is C60H38N2O. The molecule has 0 saturated carbocycles. The van der Waals surface area contributed by atoms with Gasteiger partial charge in [0.2, 0.25) is 0 Å². The third-order valence-electron chi connectivity index (χ3n) is 12.9. The maximum Gasteiger partial charge on any atom is 0.143 e. The molecule has 0 amide bonds. The molecule has 0 saturated heterocycles. The number of hydrogen-bond acceptors (Lipinski definition) is 2. The zero-order valence-corrected chi connectivity index (χ0v) is 34.2. The largest absolute Gasteiger partial charge is 0.455 e. The van der Waals surface area contributed by atoms with Crippen LogP contribution in [-0.4, -0.2) is 4.57 Å². The molecule has 0 N–H and O–H groups in total. The van der Waals surface area contributed by atoms with Crippen LogP contribution in [0.1, 0.15) is 0 Å². The molecule has 294 valence electrons. The van der Waals surface area contributed by atoms with E-state index in [-0.39, 0.29) is 0 Å². The second-order valence-electron chi connectivity index (χ2n) is 16.5. The van der Waals surface area contributed by atoms with Crippen molar-refractivity contribution in [3.63, 3.8) is 0 Å². The number of furan rings is 1. The molecule has 2 heterocycles. The van der Waals surface area contributed by atoms with Crippen molar-refractivity contribution in [1.29, 1.82) is 0 Å². The zero-order chi connectivity index (χ0) is 41.4. The number of fused-ring (bicyclic) bond motifs is 10. The van der Waals surface area contributed by atoms with E-state index in [2.05, 4.69) is 240 Å². The van der Waals surface area contributed by atoms with Gasteiger partial charge >= 0.3 is 0 Å². The first-order valence-corrected chi connectivity index (χ1v) is 21.6. The summed E-state index contributed by atoms with van der Waals surface area (Å²) in [7, 11) is 0. The highest BCUT2D eigenvalue weighted by Crippen LogP contribution is 2.46. The van der Waals surface area contributed by atoms with Crippen molar-refractivity contribution in [2.75, 3.05) is 4.90 Å². The summed E-state index contributed by atoms with van der Waals surface area (Å²) in [6.07, 6.45) is 0. The fourth-order valence-corrected chi connectivity index (χ4v) is 10.1. The highest BCUT2D eigenvalue weighted by Gasteiger charge is 2.22. The van der Waals surface area contributed by atoms with E-state index >= 15 is 0 Å². The second kappa shape index (κ2) is 14.1. The summed E-state index contributed by atoms with van der Waals surface area (Å²) in [4.78, 5) is 2.41. The third-order valence-corrected chi connectivity index (χ3v) is 12.9. The maximum atomic E-state index is 6.85. The second-order valence-corrected chi connectivity index (χ2v) is 16.5. The molecule has 0 aliphatic carbocycles. The summed E-state index contributed by atoms with van der Waals surface area (Å²) in [6, 6.07) is 83.5. The van der Waals surface area contributed by atoms with E-state index in [0.29, 0.717) is 0 Å². The van der Waals surface area contributed by atoms with Gasteiger partial charge < -0.3 is 13.9 Å². The Morgan fingerprint density at radius 2 is 0.921 bits per heavy atom. The third kappa shape index (κ3) is 5.60. The Morgan fingerprint density at radius 3 is 1.70 bits per heavy atom. The van der Waals surface area contributed by atoms with E-state index in [1.54, 1.807) is 0 Å². The summed E-state index contributed by atoms with van der Waals surface area (Å²) < 4.78 is 9.24. The van der Waals surface area contributed by atoms with Crippen molar-refractivity contribution in [3.05, 3.63) is 231 Å². The van der Waals surface area contributed by atoms with Crippen LogP contribution in [0.5, 0.6) is 0 Å². The Balaban J connectivity index is 1.02. The smallest absolute Gasteiger partial charge is 0.143 e. The molecule has 0 radical (unpaired) electrons. The molecule has 3 nitrogen and oxygen atoms in total. The van der Waals surface area contributed by atoms with E-state index in [4.69, 9.17) is 4.42 Å². The number of nitrogens with zero attached hydrogens (tertiary/aromatic N) is 2. The van der Waals surface area contributed by atoms with Gasteiger partial charge in [0.1, 0.15) is 11.2 Å². The van der Waals surface area contributed by atoms with Gasteiger partial charge in [0.25, 0.3) is 0 Å². The lowest BCUT2D eigenvalue weighted by Gasteiger charge is -2.28. The average Bonchev–Trinajstić information content (AvgIpc) is 3.89. The van der Waals surface area contributed by atoms with E-state index in [1.165, 1.54) is 65.3 Å². The molecule has 3 heteroatoms. The fourth-order valence-electron chi connectivity index (χ4n) is 10.1. The van der Waals surface area contributed by atoms with Crippen LogP contribution in [0.3, 0.4) is 0 Å². The summed E-state index contributed by atoms with van der Waals surface area (Å²) in [5, 5.41) is 12.1. The van der Waals surface area contributed by atoms with Crippen LogP contribution in [0.4, 0.5) is 17.1 Å². The highest BCUT2D eigenvalue weighted by molar-refractivity contribution is 6.15. The zero-order valence-electron chi connectivity index (χ0n) is 34.2. The molecule has 13 aromatic rings. The molecule has 0 unspecified atom stereocenters. The monoisotopic (exact) mass is 802 g/mol. The molecule has 13 rings (SSSR count). The van der Waals surface area contributed by atoms with Gasteiger partial charge in [0, 0.05) is 49.7 Å². The topological polar surface area (TPSA) is 21.3 Å². The Labute approximate surface area is 363 Å². The van der Waals surface area contributed by atoms with Crippen LogP contribution < -0.4 is 4.90 Å². The van der Waals surface area contributed by atoms with Gasteiger partial charge in [-0.1, -0.05) is 164 Å². The average molecular weight is 803 g/mol. The van der Waals surface area contributed by atoms with Crippen molar-refractivity contribution in [1.82, 2.24) is 4.57 Å². The molecule has 11 aromatic carbocycles. The Kier molecular flexibility index (Phi) is 7.91. The maximum absolute atomic E-state index is 6.85. The first-order valence-electron chi connectivity index (χ1n) is 21.6. The summed E-state index contributed by atoms with van der Waals surface area (Å²) in [5.74, 6) is 0. The highest BCUT2D eigenvalue weighted by atomic mass is 16.3. The van der Waals surface area contributed by atoms with Crippen molar-refractivity contribution in [2.24, 2.45) is 0 Å². The molecule has 0 aliphatic rings. The van der Waals surface area contributed by atoms with Gasteiger partial charge in [-0.05, 0) is 110 Å². The molecule has 0 spiro atoms. The molecule has 0 atom stereocenters. The van der Waals surface area contributed by atoms with Gasteiger partial charge in [-0.3, -0.25) is 0 Å². The van der Waals surface area contributed by atoms with Crippen LogP contribution in [0.2, 0.25) is 0 Å². The molecule has 0 fully saturated rings. The van der Waals surface area contributed by atoms with Crippen molar-refractivity contribution in [3.8, 4) is 27.9 Å². The minimum Gasteiger partial charge on any atom is -0.455 e. The molecule has 0 aliphatic heterocycles. The number of para-hydroxylation sites is 4. The summed E-state index contributed by atoms with van der Waals surface area (Å²) in [6.45, 7) is 0. The first kappa shape index (κ1) is 35.4. The van der Waals surface area contributed by atoms with Crippen LogP contribution in [0.25, 0.3) is 104 Å². The van der Waals surface area contributed by atoms with Crippen molar-refractivity contribution >= 4 is 93.1 Å². The molecule has 0 bridgehead atoms. The number of rotatable bonds is 6. The quantitative estimate of drug-likeness (QED) is 0.156. The van der Waals surface area contributed by atoms with E-state index < -0.39 is 0 Å². The minimum atomic E-state index is 0.882. The minimum absolute atomic E-state index is 0.882. The predicted octanol–water partition coefficient (Wildman–Crippen LogP) is 16.9. The van der Waals surface area contributed by atoms with Crippen LogP contribution in [0, 0.1) is 0 Å². The molecule has 2 aromatic heterocycles. The van der Waals surface area contributed by atoms with Gasteiger partial charge in [0.05, 0.1) is 16.7 Å². The Hall–Kier alpha value is -8.40. The lowest BCUT2D eigenvalue weighted by molar-refractivity contribution is 0.670. The number of hydrogen-bond donors (Lipinski definition) is 0. The number of aromatic nitrogens is 1. The predicted molar refractivity (Wildman–Crippen MR) is 266 cm³/mol. The van der Waals surface area contributed by atoms with Gasteiger partial charge in [-0.25, -0.2) is 0 Å². The Morgan fingerprint density at radius 1 is 0.333 bits per heavy atom. The van der Waals surface area contributed by atoms with Crippen LogP contribution >= 0.6 is 0 Å². The number of benzene rings is 11. The lowest BCUT2D eigenvalue weighted by Crippen LogP contribution is -2.12. The van der Waals surface area contributed by atoms with Crippen LogP contribution in [-0.2, 0) is 0 Å². The fraction of sp³-hybridized carbons (Fsp3) is 0. The van der Waals surface area contributed by atoms with Gasteiger partial charge in [-0.2, -0.15) is 0 Å². The molecule has 63 heavy (non-hydrogen) atoms. The first-order chi connectivity index (χ1) is 31.2. The summed E-state index contributed by atoms with van der Waals surface area (Å²) >= 11 is 0. The van der Waals surface area contributed by atoms with Gasteiger partial charge in [0.15, 0.2) is 0 Å². The SMILES string of the molecule is c1cc(N(c2ccc(-c3cc4ccccc4c4ccccc34)cc2)c2ccccc2-c2cccc3c2oc2cc4ccccc4cc23)cc(-n2c3ccccc3c3ccccc32)c1. The van der Waals surface area contributed by atoms with Crippen LogP contribution in [0.15, 0.2) is 235 Å². The Bertz CT molecular complexity index is 3870. The van der Waals surface area contributed by atoms with E-state index in [1.807, 2.05) is 0 Å². The van der Waals surface area contributed by atoms with E-state index in [9.17, 15) is 0 Å². The van der Waals surface area contributed by atoms with Crippen molar-refractivity contribution in [2.45, 2.75) is 0 Å². The number of anilines is 3. The van der Waals surface area contributed by atoms with E-state index in [0.717, 1.165) is 55.8 Å². The normalized spacial score (nSPS) is 11.8. The summed E-state index contributed by atoms with van der Waals surface area (Å²) in [5.41, 5.74) is 12.9. The van der Waals surface area contributed by atoms with Gasteiger partial charge in [-0.15, -0.1) is 0 Å². The van der Waals surface area contributed by atoms with Crippen molar-refractivity contribution < 1.29 is 4.42 Å². The lowest BCUT2D eigenvalue weighted by atomic mass is 9.93. The molecular weight excluding hydrogens is 765 g/mol.